The topological polar surface area (TPSA) is 21.3 Å². The van der Waals surface area contributed by atoms with Crippen LogP contribution in [-0.2, 0) is 0 Å². The summed E-state index contributed by atoms with van der Waals surface area (Å²) < 4.78 is 8.92. The van der Waals surface area contributed by atoms with Crippen molar-refractivity contribution in [1.29, 1.82) is 0 Å². The molecule has 0 saturated carbocycles. The second-order valence-electron chi connectivity index (χ2n) is 14.1. The molecule has 0 atom stereocenters. The molecule has 0 radical (unpaired) electrons. The fourth-order valence-corrected chi connectivity index (χ4v) is 8.41. The summed E-state index contributed by atoms with van der Waals surface area (Å²) in [5, 5.41) is 7.00. The molecule has 0 bridgehead atoms. The SMILES string of the molecule is c1ccc(-c2ccc(-c3ccc4c5c(N(c6ccccc6)c6ccc7c(c6)oc6ccccc67)cc6ccccc6c5n(-c5ccccc5)c4c3)cc2)cc1. The predicted octanol–water partition coefficient (Wildman–Crippen LogP) is 14.6. The van der Waals surface area contributed by atoms with E-state index in [0.717, 1.165) is 50.2 Å². The summed E-state index contributed by atoms with van der Waals surface area (Å²) in [5.41, 5.74) is 13.2. The fourth-order valence-electron chi connectivity index (χ4n) is 8.41. The van der Waals surface area contributed by atoms with Gasteiger partial charge in [0.2, 0.25) is 0 Å². The normalized spacial score (nSPS) is 11.6. The Balaban J connectivity index is 1.21. The molecule has 11 rings (SSSR count). The number of hydrogen-bond donors (Lipinski definition) is 0. The average molecular weight is 703 g/mol. The predicted molar refractivity (Wildman–Crippen MR) is 231 cm³/mol. The van der Waals surface area contributed by atoms with E-state index in [9.17, 15) is 0 Å². The van der Waals surface area contributed by atoms with Crippen LogP contribution in [0.3, 0.4) is 0 Å². The van der Waals surface area contributed by atoms with Crippen LogP contribution >= 0.6 is 0 Å². The van der Waals surface area contributed by atoms with Crippen LogP contribution in [0, 0.1) is 0 Å². The smallest absolute Gasteiger partial charge is 0.137 e. The van der Waals surface area contributed by atoms with Crippen molar-refractivity contribution in [3.05, 3.63) is 206 Å². The van der Waals surface area contributed by atoms with Crippen molar-refractivity contribution in [2.24, 2.45) is 0 Å². The van der Waals surface area contributed by atoms with E-state index in [-0.39, 0.29) is 0 Å². The van der Waals surface area contributed by atoms with E-state index in [4.69, 9.17) is 4.42 Å². The number of hydrogen-bond acceptors (Lipinski definition) is 2. The lowest BCUT2D eigenvalue weighted by molar-refractivity contribution is 0.669. The molecule has 0 unspecified atom stereocenters. The molecule has 3 heteroatoms. The van der Waals surface area contributed by atoms with Crippen molar-refractivity contribution in [3.8, 4) is 27.9 Å². The van der Waals surface area contributed by atoms with E-state index in [1.807, 2.05) is 12.1 Å². The molecule has 0 spiro atoms. The summed E-state index contributed by atoms with van der Waals surface area (Å²) >= 11 is 0. The Bertz CT molecular complexity index is 3180. The Labute approximate surface area is 318 Å². The van der Waals surface area contributed by atoms with Crippen molar-refractivity contribution < 1.29 is 4.42 Å². The summed E-state index contributed by atoms with van der Waals surface area (Å²) in [4.78, 5) is 2.40. The van der Waals surface area contributed by atoms with E-state index in [1.165, 1.54) is 49.3 Å². The van der Waals surface area contributed by atoms with Gasteiger partial charge in [-0.3, -0.25) is 0 Å². The standard InChI is InChI=1S/C52H34N2O/c1-4-14-35(15-5-1)36-24-26-37(27-25-36)38-28-30-46-47(32-38)54(41-19-8-3-9-20-41)52-43-21-11-10-16-39(43)33-48(51(46)52)53(40-17-6-2-7-18-40)42-29-31-45-44-22-12-13-23-49(44)55-50(45)34-42/h1-34H. The Kier molecular flexibility index (Phi) is 7.17. The summed E-state index contributed by atoms with van der Waals surface area (Å²) in [5.74, 6) is 0. The summed E-state index contributed by atoms with van der Waals surface area (Å²) in [6.45, 7) is 0. The van der Waals surface area contributed by atoms with Gasteiger partial charge < -0.3 is 13.9 Å². The number of benzene rings is 9. The third-order valence-corrected chi connectivity index (χ3v) is 10.9. The average Bonchev–Trinajstić information content (AvgIpc) is 3.81. The summed E-state index contributed by atoms with van der Waals surface area (Å²) in [7, 11) is 0. The first-order valence-corrected chi connectivity index (χ1v) is 18.8. The maximum Gasteiger partial charge on any atom is 0.137 e. The fraction of sp³-hybridized carbons (Fsp3) is 0. The minimum atomic E-state index is 0.867. The highest BCUT2D eigenvalue weighted by molar-refractivity contribution is 6.25. The molecule has 258 valence electrons. The number of nitrogens with zero attached hydrogens (tertiary/aromatic N) is 2. The van der Waals surface area contributed by atoms with Gasteiger partial charge in [0.15, 0.2) is 0 Å². The third-order valence-electron chi connectivity index (χ3n) is 10.9. The molecule has 0 aliphatic heterocycles. The van der Waals surface area contributed by atoms with E-state index in [0.29, 0.717) is 0 Å². The molecular formula is C52H34N2O. The van der Waals surface area contributed by atoms with Gasteiger partial charge in [-0.15, -0.1) is 0 Å². The van der Waals surface area contributed by atoms with Crippen LogP contribution in [0.1, 0.15) is 0 Å². The van der Waals surface area contributed by atoms with Gasteiger partial charge in [0.25, 0.3) is 0 Å². The molecule has 0 fully saturated rings. The molecule has 55 heavy (non-hydrogen) atoms. The Morgan fingerprint density at radius 3 is 1.75 bits per heavy atom. The zero-order valence-corrected chi connectivity index (χ0v) is 29.9. The van der Waals surface area contributed by atoms with Gasteiger partial charge in [-0.25, -0.2) is 0 Å². The zero-order valence-electron chi connectivity index (χ0n) is 29.9. The lowest BCUT2D eigenvalue weighted by atomic mass is 9.98. The van der Waals surface area contributed by atoms with Crippen LogP contribution in [0.25, 0.3) is 82.5 Å². The Hall–Kier alpha value is -7.36. The Morgan fingerprint density at radius 1 is 0.382 bits per heavy atom. The molecule has 0 saturated heterocycles. The summed E-state index contributed by atoms with van der Waals surface area (Å²) in [6.07, 6.45) is 0. The zero-order chi connectivity index (χ0) is 36.3. The van der Waals surface area contributed by atoms with Crippen molar-refractivity contribution in [1.82, 2.24) is 4.57 Å². The lowest BCUT2D eigenvalue weighted by Crippen LogP contribution is -2.10. The van der Waals surface area contributed by atoms with Gasteiger partial charge >= 0.3 is 0 Å². The third kappa shape index (κ3) is 5.13. The van der Waals surface area contributed by atoms with Gasteiger partial charge in [0, 0.05) is 50.1 Å². The monoisotopic (exact) mass is 702 g/mol. The van der Waals surface area contributed by atoms with E-state index < -0.39 is 0 Å². The molecule has 2 aromatic heterocycles. The maximum absolute atomic E-state index is 6.46. The maximum atomic E-state index is 6.46. The highest BCUT2D eigenvalue weighted by atomic mass is 16.3. The molecule has 0 aliphatic rings. The quantitative estimate of drug-likeness (QED) is 0.172. The highest BCUT2D eigenvalue weighted by Crippen LogP contribution is 2.48. The number of furan rings is 1. The van der Waals surface area contributed by atoms with Crippen molar-refractivity contribution >= 4 is 71.6 Å². The van der Waals surface area contributed by atoms with E-state index in [1.54, 1.807) is 0 Å². The highest BCUT2D eigenvalue weighted by Gasteiger charge is 2.24. The number of fused-ring (bicyclic) bond motifs is 8. The van der Waals surface area contributed by atoms with Crippen LogP contribution in [0.2, 0.25) is 0 Å². The largest absolute Gasteiger partial charge is 0.456 e. The van der Waals surface area contributed by atoms with Crippen molar-refractivity contribution in [2.45, 2.75) is 0 Å². The molecule has 2 heterocycles. The van der Waals surface area contributed by atoms with Gasteiger partial charge in [0.05, 0.1) is 16.7 Å². The van der Waals surface area contributed by atoms with Crippen LogP contribution < -0.4 is 4.90 Å². The van der Waals surface area contributed by atoms with Crippen LogP contribution in [0.5, 0.6) is 0 Å². The first-order chi connectivity index (χ1) is 27.3. The van der Waals surface area contributed by atoms with Gasteiger partial charge in [-0.2, -0.15) is 0 Å². The van der Waals surface area contributed by atoms with Gasteiger partial charge in [0.1, 0.15) is 11.2 Å². The first-order valence-electron chi connectivity index (χ1n) is 18.8. The van der Waals surface area contributed by atoms with Crippen molar-refractivity contribution in [3.63, 3.8) is 0 Å². The molecule has 0 amide bonds. The van der Waals surface area contributed by atoms with Crippen molar-refractivity contribution in [2.75, 3.05) is 4.90 Å². The van der Waals surface area contributed by atoms with E-state index >= 15 is 0 Å². The lowest BCUT2D eigenvalue weighted by Gasteiger charge is -2.27. The van der Waals surface area contributed by atoms with Crippen LogP contribution in [0.4, 0.5) is 17.1 Å². The minimum Gasteiger partial charge on any atom is -0.456 e. The number of rotatable bonds is 6. The second-order valence-corrected chi connectivity index (χ2v) is 14.1. The van der Waals surface area contributed by atoms with E-state index in [2.05, 4.69) is 204 Å². The molecule has 9 aromatic carbocycles. The van der Waals surface area contributed by atoms with Crippen LogP contribution in [-0.4, -0.2) is 4.57 Å². The molecule has 3 nitrogen and oxygen atoms in total. The second kappa shape index (κ2) is 12.6. The number of aromatic nitrogens is 1. The molecule has 0 N–H and O–H groups in total. The van der Waals surface area contributed by atoms with Gasteiger partial charge in [-0.1, -0.05) is 146 Å². The molecular weight excluding hydrogens is 669 g/mol. The minimum absolute atomic E-state index is 0.867. The van der Waals surface area contributed by atoms with Gasteiger partial charge in [-0.05, 0) is 82.2 Å². The molecule has 0 aliphatic carbocycles. The number of anilines is 3. The van der Waals surface area contributed by atoms with Crippen LogP contribution in [0.15, 0.2) is 211 Å². The summed E-state index contributed by atoms with van der Waals surface area (Å²) in [6, 6.07) is 74.0. The number of para-hydroxylation sites is 3. The Morgan fingerprint density at radius 2 is 0.964 bits per heavy atom. The molecule has 11 aromatic rings. The first kappa shape index (κ1) is 31.2.